The molecule has 110 valence electrons. The molecule has 1 aromatic carbocycles. The molecule has 1 amide bonds. The van der Waals surface area contributed by atoms with Gasteiger partial charge in [0, 0.05) is 12.6 Å². The number of carbonyl (C=O) groups excluding carboxylic acids is 2. The van der Waals surface area contributed by atoms with Crippen LogP contribution in [0.15, 0.2) is 18.2 Å². The van der Waals surface area contributed by atoms with Gasteiger partial charge in [-0.2, -0.15) is 0 Å². The van der Waals surface area contributed by atoms with Gasteiger partial charge in [0.25, 0.3) is 5.91 Å². The smallest absolute Gasteiger partial charge is 0.260 e. The molecule has 0 heterocycles. The normalized spacial score (nSPS) is 11.6. The molecular weight excluding hydrogens is 258 g/mol. The van der Waals surface area contributed by atoms with E-state index in [9.17, 15) is 9.59 Å². The van der Waals surface area contributed by atoms with Crippen molar-refractivity contribution in [1.82, 2.24) is 5.32 Å². The third-order valence-electron chi connectivity index (χ3n) is 2.61. The molecule has 1 unspecified atom stereocenters. The van der Waals surface area contributed by atoms with E-state index in [0.717, 1.165) is 6.42 Å². The summed E-state index contributed by atoms with van der Waals surface area (Å²) in [5.41, 5.74) is 0.394. The van der Waals surface area contributed by atoms with Crippen LogP contribution in [0.2, 0.25) is 0 Å². The van der Waals surface area contributed by atoms with Gasteiger partial charge < -0.3 is 14.8 Å². The summed E-state index contributed by atoms with van der Waals surface area (Å²) in [5, 5.41) is 2.67. The maximum absolute atomic E-state index is 11.6. The molecule has 0 radical (unpaired) electrons. The molecule has 1 atom stereocenters. The van der Waals surface area contributed by atoms with Crippen molar-refractivity contribution in [2.75, 3.05) is 13.2 Å². The number of benzene rings is 1. The van der Waals surface area contributed by atoms with Crippen LogP contribution in [-0.4, -0.2) is 31.4 Å². The highest BCUT2D eigenvalue weighted by molar-refractivity contribution is 5.82. The topological polar surface area (TPSA) is 64.6 Å². The Labute approximate surface area is 119 Å². The van der Waals surface area contributed by atoms with Crippen LogP contribution in [0.1, 0.15) is 37.6 Å². The van der Waals surface area contributed by atoms with Crippen LogP contribution in [0.4, 0.5) is 0 Å². The molecule has 0 bridgehead atoms. The Morgan fingerprint density at radius 1 is 1.40 bits per heavy atom. The minimum atomic E-state index is -0.671. The molecule has 1 aromatic rings. The van der Waals surface area contributed by atoms with Gasteiger partial charge in [0.05, 0.1) is 12.2 Å². The first-order chi connectivity index (χ1) is 9.62. The summed E-state index contributed by atoms with van der Waals surface area (Å²) in [6.07, 6.45) is 0.916. The van der Waals surface area contributed by atoms with Gasteiger partial charge in [0.15, 0.2) is 12.4 Å². The van der Waals surface area contributed by atoms with Crippen LogP contribution in [-0.2, 0) is 4.79 Å². The Bertz CT molecular complexity index is 459. The maximum Gasteiger partial charge on any atom is 0.260 e. The predicted molar refractivity (Wildman–Crippen MR) is 76.4 cm³/mol. The minimum Gasteiger partial charge on any atom is -0.493 e. The first-order valence-electron chi connectivity index (χ1n) is 6.78. The third-order valence-corrected chi connectivity index (χ3v) is 2.61. The van der Waals surface area contributed by atoms with Crippen molar-refractivity contribution in [3.63, 3.8) is 0 Å². The number of hydrogen-bond donors (Lipinski definition) is 1. The summed E-state index contributed by atoms with van der Waals surface area (Å²) in [7, 11) is 0. The quantitative estimate of drug-likeness (QED) is 0.741. The monoisotopic (exact) mass is 279 g/mol. The van der Waals surface area contributed by atoms with Crippen molar-refractivity contribution in [3.8, 4) is 11.5 Å². The number of carbonyl (C=O) groups is 2. The highest BCUT2D eigenvalue weighted by Crippen LogP contribution is 2.25. The lowest BCUT2D eigenvalue weighted by Gasteiger charge is -2.16. The van der Waals surface area contributed by atoms with E-state index in [2.05, 4.69) is 5.32 Å². The predicted octanol–water partition coefficient (Wildman–Crippen LogP) is 2.19. The average Bonchev–Trinajstić information content (AvgIpc) is 2.45. The van der Waals surface area contributed by atoms with E-state index in [1.54, 1.807) is 25.1 Å². The van der Waals surface area contributed by atoms with Gasteiger partial charge in [-0.05, 0) is 32.4 Å². The zero-order valence-corrected chi connectivity index (χ0v) is 12.1. The van der Waals surface area contributed by atoms with Crippen molar-refractivity contribution in [3.05, 3.63) is 23.8 Å². The van der Waals surface area contributed by atoms with E-state index < -0.39 is 6.10 Å². The fraction of sp³-hybridized carbons (Fsp3) is 0.467. The van der Waals surface area contributed by atoms with E-state index in [1.807, 2.05) is 13.8 Å². The molecule has 0 aliphatic heterocycles. The number of ether oxygens (including phenoxy) is 2. The van der Waals surface area contributed by atoms with Crippen LogP contribution in [0, 0.1) is 0 Å². The van der Waals surface area contributed by atoms with Gasteiger partial charge in [-0.15, -0.1) is 0 Å². The molecule has 0 saturated carbocycles. The van der Waals surface area contributed by atoms with Gasteiger partial charge in [-0.3, -0.25) is 9.59 Å². The van der Waals surface area contributed by atoms with Crippen molar-refractivity contribution in [2.24, 2.45) is 0 Å². The van der Waals surface area contributed by atoms with E-state index in [-0.39, 0.29) is 5.91 Å². The minimum absolute atomic E-state index is 0.218. The number of hydrogen-bond acceptors (Lipinski definition) is 4. The van der Waals surface area contributed by atoms with Crippen LogP contribution < -0.4 is 14.8 Å². The van der Waals surface area contributed by atoms with Crippen molar-refractivity contribution >= 4 is 12.2 Å². The molecule has 1 N–H and O–H groups in total. The highest BCUT2D eigenvalue weighted by atomic mass is 16.5. The van der Waals surface area contributed by atoms with Crippen LogP contribution in [0.25, 0.3) is 0 Å². The molecule has 5 heteroatoms. The summed E-state index contributed by atoms with van der Waals surface area (Å²) in [6.45, 7) is 6.60. The van der Waals surface area contributed by atoms with E-state index >= 15 is 0 Å². The summed E-state index contributed by atoms with van der Waals surface area (Å²) in [5.74, 6) is 0.757. The number of nitrogens with one attached hydrogen (secondary N) is 1. The lowest BCUT2D eigenvalue weighted by Crippen LogP contribution is -2.36. The molecule has 0 fully saturated rings. The molecule has 0 spiro atoms. The zero-order valence-electron chi connectivity index (χ0n) is 12.1. The lowest BCUT2D eigenvalue weighted by atomic mass is 10.2. The highest BCUT2D eigenvalue weighted by Gasteiger charge is 2.16. The van der Waals surface area contributed by atoms with Crippen LogP contribution in [0.3, 0.4) is 0 Å². The first kappa shape index (κ1) is 16.0. The van der Waals surface area contributed by atoms with E-state index in [0.29, 0.717) is 36.5 Å². The van der Waals surface area contributed by atoms with E-state index in [4.69, 9.17) is 9.47 Å². The molecule has 5 nitrogen and oxygen atoms in total. The van der Waals surface area contributed by atoms with Crippen LogP contribution >= 0.6 is 0 Å². The van der Waals surface area contributed by atoms with Crippen LogP contribution in [0.5, 0.6) is 11.5 Å². The Balaban J connectivity index is 2.84. The maximum atomic E-state index is 11.6. The second-order valence-electron chi connectivity index (χ2n) is 4.32. The fourth-order valence-corrected chi connectivity index (χ4v) is 1.59. The van der Waals surface area contributed by atoms with Gasteiger partial charge in [-0.1, -0.05) is 6.92 Å². The standard InChI is InChI=1S/C15H21NO4/c1-4-8-19-13-7-6-12(10-17)14(9-13)20-11(3)15(18)16-5-2/h6-7,9-11H,4-5,8H2,1-3H3,(H,16,18). The number of likely N-dealkylation sites (N-methyl/N-ethyl adjacent to an activating group) is 1. The second-order valence-corrected chi connectivity index (χ2v) is 4.32. The number of amides is 1. The molecule has 0 saturated heterocycles. The summed E-state index contributed by atoms with van der Waals surface area (Å²) in [4.78, 5) is 22.7. The average molecular weight is 279 g/mol. The van der Waals surface area contributed by atoms with Crippen molar-refractivity contribution in [2.45, 2.75) is 33.3 Å². The Morgan fingerprint density at radius 2 is 2.15 bits per heavy atom. The molecule has 0 aromatic heterocycles. The largest absolute Gasteiger partial charge is 0.493 e. The van der Waals surface area contributed by atoms with Crippen molar-refractivity contribution < 1.29 is 19.1 Å². The molecular formula is C15H21NO4. The van der Waals surface area contributed by atoms with Gasteiger partial charge in [0.2, 0.25) is 0 Å². The summed E-state index contributed by atoms with van der Waals surface area (Å²) < 4.78 is 11.0. The third kappa shape index (κ3) is 4.57. The van der Waals surface area contributed by atoms with Gasteiger partial charge in [-0.25, -0.2) is 0 Å². The Morgan fingerprint density at radius 3 is 2.75 bits per heavy atom. The first-order valence-corrected chi connectivity index (χ1v) is 6.78. The molecule has 0 aliphatic rings. The van der Waals surface area contributed by atoms with Gasteiger partial charge >= 0.3 is 0 Å². The Kier molecular flexibility index (Phi) is 6.56. The number of rotatable bonds is 8. The van der Waals surface area contributed by atoms with Crippen molar-refractivity contribution in [1.29, 1.82) is 0 Å². The van der Waals surface area contributed by atoms with Gasteiger partial charge in [0.1, 0.15) is 11.5 Å². The molecule has 0 aliphatic carbocycles. The Hall–Kier alpha value is -2.04. The van der Waals surface area contributed by atoms with E-state index in [1.165, 1.54) is 0 Å². The SMILES string of the molecule is CCCOc1ccc(C=O)c(OC(C)C(=O)NCC)c1. The fourth-order valence-electron chi connectivity index (χ4n) is 1.59. The molecule has 1 rings (SSSR count). The second kappa shape index (κ2) is 8.19. The number of aldehydes is 1. The molecule has 20 heavy (non-hydrogen) atoms. The lowest BCUT2D eigenvalue weighted by molar-refractivity contribution is -0.127. The summed E-state index contributed by atoms with van der Waals surface area (Å²) in [6, 6.07) is 4.97. The summed E-state index contributed by atoms with van der Waals surface area (Å²) >= 11 is 0. The zero-order chi connectivity index (χ0) is 15.0.